The summed E-state index contributed by atoms with van der Waals surface area (Å²) in [7, 11) is -3.80. The number of amides is 1. The van der Waals surface area contributed by atoms with Crippen LogP contribution in [0.15, 0.2) is 78.9 Å². The maximum atomic E-state index is 13.8. The Morgan fingerprint density at radius 1 is 0.933 bits per heavy atom. The highest BCUT2D eigenvalue weighted by Gasteiger charge is 2.29. The van der Waals surface area contributed by atoms with Gasteiger partial charge in [0, 0.05) is 0 Å². The molecule has 1 amide bonds. The highest BCUT2D eigenvalue weighted by atomic mass is 32.2. The van der Waals surface area contributed by atoms with Crippen molar-refractivity contribution < 1.29 is 22.3 Å². The van der Waals surface area contributed by atoms with E-state index in [0.29, 0.717) is 11.5 Å². The van der Waals surface area contributed by atoms with Gasteiger partial charge in [-0.05, 0) is 55.5 Å². The molecule has 1 atom stereocenters. The molecular formula is C22H21FN2O4S. The van der Waals surface area contributed by atoms with Crippen LogP contribution < -0.4 is 14.4 Å². The molecule has 30 heavy (non-hydrogen) atoms. The Hall–Kier alpha value is -3.39. The third kappa shape index (κ3) is 5.15. The van der Waals surface area contributed by atoms with Gasteiger partial charge in [-0.3, -0.25) is 9.10 Å². The molecule has 1 N–H and O–H groups in total. The maximum Gasteiger partial charge on any atom is 0.248 e. The number of nitrogens with one attached hydrogen (secondary N) is 1. The minimum Gasteiger partial charge on any atom is -0.457 e. The van der Waals surface area contributed by atoms with Crippen molar-refractivity contribution in [3.05, 3.63) is 84.7 Å². The van der Waals surface area contributed by atoms with Crippen molar-refractivity contribution >= 4 is 27.3 Å². The zero-order valence-electron chi connectivity index (χ0n) is 16.4. The smallest absolute Gasteiger partial charge is 0.248 e. The summed E-state index contributed by atoms with van der Waals surface area (Å²) in [4.78, 5) is 12.6. The Balaban J connectivity index is 1.82. The quantitative estimate of drug-likeness (QED) is 0.605. The van der Waals surface area contributed by atoms with Gasteiger partial charge in [0.25, 0.3) is 0 Å². The number of rotatable bonds is 7. The molecule has 3 aromatic rings. The average Bonchev–Trinajstić information content (AvgIpc) is 2.71. The molecule has 0 saturated heterocycles. The molecule has 0 aliphatic rings. The SMILES string of the molecule is CC(C(=O)Nc1ccccc1F)N(c1ccc(Oc2ccccc2)cc1)S(C)(=O)=O. The summed E-state index contributed by atoms with van der Waals surface area (Å²) < 4.78 is 45.4. The molecule has 156 valence electrons. The van der Waals surface area contributed by atoms with E-state index < -0.39 is 27.8 Å². The number of hydrogen-bond acceptors (Lipinski definition) is 4. The third-order valence-electron chi connectivity index (χ3n) is 4.29. The fourth-order valence-corrected chi connectivity index (χ4v) is 4.07. The third-order valence-corrected chi connectivity index (χ3v) is 5.53. The van der Waals surface area contributed by atoms with Gasteiger partial charge in [-0.2, -0.15) is 0 Å². The van der Waals surface area contributed by atoms with Crippen LogP contribution in [0.2, 0.25) is 0 Å². The van der Waals surface area contributed by atoms with Gasteiger partial charge in [-0.1, -0.05) is 30.3 Å². The van der Waals surface area contributed by atoms with E-state index in [2.05, 4.69) is 5.32 Å². The van der Waals surface area contributed by atoms with Crippen molar-refractivity contribution in [2.75, 3.05) is 15.9 Å². The molecule has 0 radical (unpaired) electrons. The summed E-state index contributed by atoms with van der Waals surface area (Å²) in [6.45, 7) is 1.44. The average molecular weight is 428 g/mol. The van der Waals surface area contributed by atoms with Crippen molar-refractivity contribution in [1.82, 2.24) is 0 Å². The lowest BCUT2D eigenvalue weighted by Crippen LogP contribution is -2.45. The fraction of sp³-hybridized carbons (Fsp3) is 0.136. The summed E-state index contributed by atoms with van der Waals surface area (Å²) >= 11 is 0. The molecule has 0 aliphatic heterocycles. The van der Waals surface area contributed by atoms with Gasteiger partial charge in [0.05, 0.1) is 17.6 Å². The van der Waals surface area contributed by atoms with E-state index in [1.165, 1.54) is 25.1 Å². The molecule has 0 saturated carbocycles. The zero-order chi connectivity index (χ0) is 21.7. The van der Waals surface area contributed by atoms with Crippen LogP contribution in [-0.4, -0.2) is 26.6 Å². The number of halogens is 1. The van der Waals surface area contributed by atoms with Crippen LogP contribution in [0, 0.1) is 5.82 Å². The van der Waals surface area contributed by atoms with Crippen molar-refractivity contribution in [2.45, 2.75) is 13.0 Å². The predicted octanol–water partition coefficient (Wildman–Crippen LogP) is 4.41. The van der Waals surface area contributed by atoms with Gasteiger partial charge < -0.3 is 10.1 Å². The van der Waals surface area contributed by atoms with E-state index in [4.69, 9.17) is 4.74 Å². The van der Waals surface area contributed by atoms with E-state index in [9.17, 15) is 17.6 Å². The zero-order valence-corrected chi connectivity index (χ0v) is 17.3. The minimum absolute atomic E-state index is 0.0191. The molecule has 0 fully saturated rings. The summed E-state index contributed by atoms with van der Waals surface area (Å²) in [5.41, 5.74) is 0.267. The summed E-state index contributed by atoms with van der Waals surface area (Å²) in [5.74, 6) is -0.105. The summed E-state index contributed by atoms with van der Waals surface area (Å²) in [5, 5.41) is 2.43. The standard InChI is InChI=1S/C22H21FN2O4S/c1-16(22(26)24-21-11-7-6-10-20(21)23)25(30(2,27)28)17-12-14-19(15-13-17)29-18-8-4-3-5-9-18/h3-16H,1-2H3,(H,24,26). The van der Waals surface area contributed by atoms with Crippen LogP contribution in [0.25, 0.3) is 0 Å². The molecule has 6 nitrogen and oxygen atoms in total. The van der Waals surface area contributed by atoms with E-state index in [1.807, 2.05) is 18.2 Å². The molecule has 1 unspecified atom stereocenters. The second-order valence-corrected chi connectivity index (χ2v) is 8.47. The largest absolute Gasteiger partial charge is 0.457 e. The van der Waals surface area contributed by atoms with Crippen LogP contribution in [-0.2, 0) is 14.8 Å². The molecule has 8 heteroatoms. The predicted molar refractivity (Wildman–Crippen MR) is 115 cm³/mol. The number of anilines is 2. The maximum absolute atomic E-state index is 13.8. The number of carbonyl (C=O) groups excluding carboxylic acids is 1. The lowest BCUT2D eigenvalue weighted by atomic mass is 10.2. The van der Waals surface area contributed by atoms with Crippen LogP contribution in [0.4, 0.5) is 15.8 Å². The first-order valence-corrected chi connectivity index (χ1v) is 11.0. The molecule has 0 aliphatic carbocycles. The molecule has 0 aromatic heterocycles. The number of para-hydroxylation sites is 2. The summed E-state index contributed by atoms with van der Waals surface area (Å²) in [6, 6.07) is 20.0. The monoisotopic (exact) mass is 428 g/mol. The van der Waals surface area contributed by atoms with Gasteiger partial charge in [-0.25, -0.2) is 12.8 Å². The first-order valence-electron chi connectivity index (χ1n) is 9.13. The Bertz CT molecular complexity index is 1120. The van der Waals surface area contributed by atoms with Gasteiger partial charge in [0.2, 0.25) is 15.9 Å². The number of nitrogens with zero attached hydrogens (tertiary/aromatic N) is 1. The second kappa shape index (κ2) is 8.96. The van der Waals surface area contributed by atoms with Gasteiger partial charge in [0.15, 0.2) is 0 Å². The fourth-order valence-electron chi connectivity index (χ4n) is 2.89. The van der Waals surface area contributed by atoms with Crippen LogP contribution in [0.3, 0.4) is 0 Å². The van der Waals surface area contributed by atoms with Crippen LogP contribution in [0.1, 0.15) is 6.92 Å². The molecule has 0 spiro atoms. The summed E-state index contributed by atoms with van der Waals surface area (Å²) in [6.07, 6.45) is 1.01. The highest BCUT2D eigenvalue weighted by Crippen LogP contribution is 2.27. The van der Waals surface area contributed by atoms with E-state index in [-0.39, 0.29) is 11.4 Å². The topological polar surface area (TPSA) is 75.7 Å². The van der Waals surface area contributed by atoms with Gasteiger partial charge >= 0.3 is 0 Å². The van der Waals surface area contributed by atoms with Crippen molar-refractivity contribution in [1.29, 1.82) is 0 Å². The van der Waals surface area contributed by atoms with Crippen LogP contribution >= 0.6 is 0 Å². The second-order valence-electron chi connectivity index (χ2n) is 6.61. The van der Waals surface area contributed by atoms with Crippen molar-refractivity contribution in [2.24, 2.45) is 0 Å². The number of ether oxygens (including phenoxy) is 1. The van der Waals surface area contributed by atoms with Crippen LogP contribution in [0.5, 0.6) is 11.5 Å². The Morgan fingerprint density at radius 3 is 2.10 bits per heavy atom. The molecule has 0 bridgehead atoms. The molecule has 3 aromatic carbocycles. The number of sulfonamides is 1. The van der Waals surface area contributed by atoms with E-state index in [1.54, 1.807) is 42.5 Å². The number of benzene rings is 3. The van der Waals surface area contributed by atoms with Gasteiger partial charge in [0.1, 0.15) is 23.4 Å². The number of hydrogen-bond donors (Lipinski definition) is 1. The highest BCUT2D eigenvalue weighted by molar-refractivity contribution is 7.92. The number of carbonyl (C=O) groups is 1. The van der Waals surface area contributed by atoms with Gasteiger partial charge in [-0.15, -0.1) is 0 Å². The lowest BCUT2D eigenvalue weighted by Gasteiger charge is -2.28. The van der Waals surface area contributed by atoms with E-state index in [0.717, 1.165) is 10.6 Å². The molecule has 3 rings (SSSR count). The van der Waals surface area contributed by atoms with Crippen molar-refractivity contribution in [3.8, 4) is 11.5 Å². The van der Waals surface area contributed by atoms with E-state index >= 15 is 0 Å². The molecular weight excluding hydrogens is 407 g/mol. The lowest BCUT2D eigenvalue weighted by molar-refractivity contribution is -0.116. The Labute approximate surface area is 175 Å². The van der Waals surface area contributed by atoms with Crippen molar-refractivity contribution in [3.63, 3.8) is 0 Å². The normalized spacial score (nSPS) is 12.1. The minimum atomic E-state index is -3.80. The Kier molecular flexibility index (Phi) is 6.37. The first-order chi connectivity index (χ1) is 14.3. The first kappa shape index (κ1) is 21.3. The molecule has 0 heterocycles. The Morgan fingerprint density at radius 2 is 1.50 bits per heavy atom.